The maximum Gasteiger partial charge on any atom is 0.0889 e. The number of pyridine rings is 4. The highest BCUT2D eigenvalue weighted by molar-refractivity contribution is 5.54. The Morgan fingerprint density at radius 1 is 0.480 bits per heavy atom. The predicted molar refractivity (Wildman–Crippen MR) is 96.9 cm³/mol. The monoisotopic (exact) mass is 324 g/mol. The van der Waals surface area contributed by atoms with Crippen molar-refractivity contribution in [2.45, 2.75) is 5.92 Å². The maximum atomic E-state index is 4.85. The minimum atomic E-state index is -0.119. The van der Waals surface area contributed by atoms with E-state index < -0.39 is 0 Å². The van der Waals surface area contributed by atoms with E-state index in [1.54, 1.807) is 18.6 Å². The van der Waals surface area contributed by atoms with Gasteiger partial charge in [-0.1, -0.05) is 24.3 Å². The second kappa shape index (κ2) is 7.01. The third-order valence-electron chi connectivity index (χ3n) is 3.96. The van der Waals surface area contributed by atoms with Crippen LogP contribution in [0.5, 0.6) is 0 Å². The van der Waals surface area contributed by atoms with Crippen molar-refractivity contribution >= 4 is 0 Å². The van der Waals surface area contributed by atoms with Crippen molar-refractivity contribution in [2.75, 3.05) is 0 Å². The van der Waals surface area contributed by atoms with E-state index in [2.05, 4.69) is 15.0 Å². The van der Waals surface area contributed by atoms with Crippen LogP contribution < -0.4 is 0 Å². The first kappa shape index (κ1) is 15.1. The van der Waals surface area contributed by atoms with Crippen LogP contribution in [-0.2, 0) is 0 Å². The van der Waals surface area contributed by atoms with E-state index in [0.717, 1.165) is 28.5 Å². The van der Waals surface area contributed by atoms with Gasteiger partial charge in [0.2, 0.25) is 0 Å². The summed E-state index contributed by atoms with van der Waals surface area (Å²) in [4.78, 5) is 18.3. The van der Waals surface area contributed by atoms with Crippen LogP contribution in [0.25, 0.3) is 11.4 Å². The van der Waals surface area contributed by atoms with Crippen molar-refractivity contribution in [2.24, 2.45) is 0 Å². The van der Waals surface area contributed by atoms with Crippen LogP contribution >= 0.6 is 0 Å². The Bertz CT molecular complexity index is 901. The third-order valence-corrected chi connectivity index (χ3v) is 3.96. The summed E-state index contributed by atoms with van der Waals surface area (Å²) in [7, 11) is 0. The largest absolute Gasteiger partial charge is 0.260 e. The zero-order valence-electron chi connectivity index (χ0n) is 13.5. The topological polar surface area (TPSA) is 51.6 Å². The molecule has 0 aromatic carbocycles. The smallest absolute Gasteiger partial charge is 0.0889 e. The van der Waals surface area contributed by atoms with Crippen LogP contribution in [-0.4, -0.2) is 19.9 Å². The van der Waals surface area contributed by atoms with Crippen LogP contribution in [0.15, 0.2) is 91.4 Å². The quantitative estimate of drug-likeness (QED) is 0.567. The molecule has 4 nitrogen and oxygen atoms in total. The van der Waals surface area contributed by atoms with Gasteiger partial charge in [-0.15, -0.1) is 0 Å². The van der Waals surface area contributed by atoms with E-state index in [4.69, 9.17) is 4.98 Å². The van der Waals surface area contributed by atoms with Gasteiger partial charge in [0.1, 0.15) is 0 Å². The van der Waals surface area contributed by atoms with Crippen molar-refractivity contribution in [1.82, 2.24) is 19.9 Å². The first-order valence-corrected chi connectivity index (χ1v) is 8.12. The zero-order chi connectivity index (χ0) is 16.9. The SMILES string of the molecule is c1ccc(-c2cccc(C(c3ccccn3)c3ccccn3)n2)nc1. The number of nitrogens with zero attached hydrogens (tertiary/aromatic N) is 4. The Morgan fingerprint density at radius 3 is 1.60 bits per heavy atom. The molecule has 4 heterocycles. The lowest BCUT2D eigenvalue weighted by atomic mass is 9.95. The highest BCUT2D eigenvalue weighted by atomic mass is 14.8. The van der Waals surface area contributed by atoms with E-state index in [0.29, 0.717) is 0 Å². The fourth-order valence-electron chi connectivity index (χ4n) is 2.82. The Morgan fingerprint density at radius 2 is 1.04 bits per heavy atom. The molecule has 0 saturated heterocycles. The fourth-order valence-corrected chi connectivity index (χ4v) is 2.82. The van der Waals surface area contributed by atoms with Crippen molar-refractivity contribution in [3.05, 3.63) is 108 Å². The molecule has 0 spiro atoms. The molecule has 0 aliphatic carbocycles. The highest BCUT2D eigenvalue weighted by Crippen LogP contribution is 2.29. The molecular weight excluding hydrogens is 308 g/mol. The molecule has 4 aromatic heterocycles. The van der Waals surface area contributed by atoms with E-state index >= 15 is 0 Å². The minimum Gasteiger partial charge on any atom is -0.260 e. The van der Waals surface area contributed by atoms with E-state index in [1.165, 1.54) is 0 Å². The first-order valence-electron chi connectivity index (χ1n) is 8.12. The van der Waals surface area contributed by atoms with Gasteiger partial charge in [-0.3, -0.25) is 19.9 Å². The average Bonchev–Trinajstić information content (AvgIpc) is 2.71. The van der Waals surface area contributed by atoms with Crippen LogP contribution in [0.3, 0.4) is 0 Å². The van der Waals surface area contributed by atoms with Gasteiger partial charge in [0.15, 0.2) is 0 Å². The summed E-state index contributed by atoms with van der Waals surface area (Å²) in [5.74, 6) is -0.119. The van der Waals surface area contributed by atoms with Crippen molar-refractivity contribution in [1.29, 1.82) is 0 Å². The van der Waals surface area contributed by atoms with Crippen LogP contribution in [0.1, 0.15) is 23.0 Å². The number of hydrogen-bond donors (Lipinski definition) is 0. The van der Waals surface area contributed by atoms with Gasteiger partial charge < -0.3 is 0 Å². The predicted octanol–water partition coefficient (Wildman–Crippen LogP) is 4.11. The summed E-state index contributed by atoms with van der Waals surface area (Å²) >= 11 is 0. The molecule has 0 radical (unpaired) electrons. The molecule has 0 N–H and O–H groups in total. The summed E-state index contributed by atoms with van der Waals surface area (Å²) in [5, 5.41) is 0. The van der Waals surface area contributed by atoms with Gasteiger partial charge in [0.05, 0.1) is 34.4 Å². The summed E-state index contributed by atoms with van der Waals surface area (Å²) in [6, 6.07) is 23.6. The zero-order valence-corrected chi connectivity index (χ0v) is 13.5. The molecule has 25 heavy (non-hydrogen) atoms. The number of aromatic nitrogens is 4. The highest BCUT2D eigenvalue weighted by Gasteiger charge is 2.21. The third kappa shape index (κ3) is 3.28. The van der Waals surface area contributed by atoms with Crippen LogP contribution in [0, 0.1) is 0 Å². The first-order chi connectivity index (χ1) is 12.4. The summed E-state index contributed by atoms with van der Waals surface area (Å²) in [5.41, 5.74) is 4.44. The molecule has 4 aromatic rings. The molecule has 0 saturated carbocycles. The van der Waals surface area contributed by atoms with Crippen LogP contribution in [0.4, 0.5) is 0 Å². The van der Waals surface area contributed by atoms with E-state index in [9.17, 15) is 0 Å². The van der Waals surface area contributed by atoms with Gasteiger partial charge in [-0.25, -0.2) is 0 Å². The maximum absolute atomic E-state index is 4.85. The summed E-state index contributed by atoms with van der Waals surface area (Å²) < 4.78 is 0. The lowest BCUT2D eigenvalue weighted by Gasteiger charge is -2.16. The number of rotatable bonds is 4. The van der Waals surface area contributed by atoms with Gasteiger partial charge in [-0.05, 0) is 48.5 Å². The fraction of sp³-hybridized carbons (Fsp3) is 0.0476. The molecule has 0 bridgehead atoms. The van der Waals surface area contributed by atoms with E-state index in [1.807, 2.05) is 72.8 Å². The normalized spacial score (nSPS) is 10.8. The molecule has 0 aliphatic heterocycles. The Hall–Kier alpha value is -3.40. The van der Waals surface area contributed by atoms with Crippen molar-refractivity contribution in [3.8, 4) is 11.4 Å². The second-order valence-electron chi connectivity index (χ2n) is 5.60. The molecular formula is C21H16N4. The van der Waals surface area contributed by atoms with Gasteiger partial charge in [-0.2, -0.15) is 0 Å². The molecule has 0 fully saturated rings. The molecule has 4 rings (SSSR count). The second-order valence-corrected chi connectivity index (χ2v) is 5.60. The lowest BCUT2D eigenvalue weighted by Crippen LogP contribution is -2.09. The number of hydrogen-bond acceptors (Lipinski definition) is 4. The van der Waals surface area contributed by atoms with E-state index in [-0.39, 0.29) is 5.92 Å². The van der Waals surface area contributed by atoms with Gasteiger partial charge in [0, 0.05) is 18.6 Å². The molecule has 0 amide bonds. The molecule has 120 valence electrons. The molecule has 0 atom stereocenters. The average molecular weight is 324 g/mol. The Balaban J connectivity index is 1.83. The lowest BCUT2D eigenvalue weighted by molar-refractivity contribution is 0.841. The molecule has 0 aliphatic rings. The van der Waals surface area contributed by atoms with Crippen LogP contribution in [0.2, 0.25) is 0 Å². The summed E-state index contributed by atoms with van der Waals surface area (Å²) in [6.07, 6.45) is 5.38. The molecule has 4 heteroatoms. The van der Waals surface area contributed by atoms with Gasteiger partial charge in [0.25, 0.3) is 0 Å². The minimum absolute atomic E-state index is 0.119. The Kier molecular flexibility index (Phi) is 4.25. The Labute approximate surface area is 146 Å². The summed E-state index contributed by atoms with van der Waals surface area (Å²) in [6.45, 7) is 0. The molecule has 0 unspecified atom stereocenters. The van der Waals surface area contributed by atoms with Crippen molar-refractivity contribution < 1.29 is 0 Å². The van der Waals surface area contributed by atoms with Crippen molar-refractivity contribution in [3.63, 3.8) is 0 Å². The van der Waals surface area contributed by atoms with Gasteiger partial charge >= 0.3 is 0 Å². The standard InChI is InChI=1S/C21H16N4/c1-4-13-22-16(8-1)17-11-7-12-20(25-17)21(18-9-2-5-14-23-18)19-10-3-6-15-24-19/h1-15,21H.